The number of Topliss-reactive ketones (excluding diaryl/α,β-unsaturated/α-hetero) is 1. The first-order chi connectivity index (χ1) is 7.09. The van der Waals surface area contributed by atoms with Gasteiger partial charge in [-0.2, -0.15) is 0 Å². The van der Waals surface area contributed by atoms with E-state index in [2.05, 4.69) is 20.9 Å². The van der Waals surface area contributed by atoms with Crippen molar-refractivity contribution in [3.05, 3.63) is 34.2 Å². The van der Waals surface area contributed by atoms with Crippen LogP contribution in [0.4, 0.5) is 0 Å². The smallest absolute Gasteiger partial charge is 0.151 e. The number of imidazole rings is 1. The Morgan fingerprint density at radius 3 is 3.00 bits per heavy atom. The summed E-state index contributed by atoms with van der Waals surface area (Å²) in [7, 11) is 0. The number of ketones is 1. The van der Waals surface area contributed by atoms with E-state index in [1.54, 1.807) is 6.92 Å². The largest absolute Gasteiger partial charge is 0.302 e. The van der Waals surface area contributed by atoms with Crippen LogP contribution >= 0.6 is 15.9 Å². The van der Waals surface area contributed by atoms with Crippen molar-refractivity contribution in [2.75, 3.05) is 0 Å². The van der Waals surface area contributed by atoms with Crippen molar-refractivity contribution < 1.29 is 4.79 Å². The number of hydrogen-bond acceptors (Lipinski definition) is 2. The summed E-state index contributed by atoms with van der Waals surface area (Å²) in [6.45, 7) is 3.52. The van der Waals surface area contributed by atoms with Gasteiger partial charge in [0.15, 0.2) is 5.65 Å². The molecule has 78 valence electrons. The molecule has 0 spiro atoms. The topological polar surface area (TPSA) is 34.4 Å². The SMILES string of the molecule is CC(=O)Cc1c(C)nc2c(Br)cccn12. The Kier molecular flexibility index (Phi) is 2.61. The molecule has 0 radical (unpaired) electrons. The molecule has 0 fully saturated rings. The maximum atomic E-state index is 11.1. The Hall–Kier alpha value is -1.16. The van der Waals surface area contributed by atoms with E-state index in [9.17, 15) is 4.79 Å². The maximum absolute atomic E-state index is 11.1. The molecule has 3 nitrogen and oxygen atoms in total. The van der Waals surface area contributed by atoms with Crippen molar-refractivity contribution >= 4 is 27.4 Å². The third-order valence-electron chi connectivity index (χ3n) is 2.32. The fourth-order valence-corrected chi connectivity index (χ4v) is 2.08. The molecule has 4 heteroatoms. The van der Waals surface area contributed by atoms with Gasteiger partial charge in [-0.15, -0.1) is 0 Å². The van der Waals surface area contributed by atoms with Gasteiger partial charge in [0.05, 0.1) is 15.9 Å². The number of nitrogens with zero attached hydrogens (tertiary/aromatic N) is 2. The Bertz CT molecular complexity index is 531. The normalized spacial score (nSPS) is 10.9. The molecule has 0 unspecified atom stereocenters. The zero-order valence-corrected chi connectivity index (χ0v) is 10.2. The van der Waals surface area contributed by atoms with E-state index in [1.807, 2.05) is 29.7 Å². The van der Waals surface area contributed by atoms with Gasteiger partial charge < -0.3 is 4.40 Å². The van der Waals surface area contributed by atoms with E-state index in [0.29, 0.717) is 6.42 Å². The van der Waals surface area contributed by atoms with Crippen LogP contribution in [0.25, 0.3) is 5.65 Å². The first-order valence-electron chi connectivity index (χ1n) is 4.71. The molecule has 2 aromatic heterocycles. The zero-order valence-electron chi connectivity index (χ0n) is 8.62. The lowest BCUT2D eigenvalue weighted by Crippen LogP contribution is -2.01. The van der Waals surface area contributed by atoms with Gasteiger partial charge in [-0.3, -0.25) is 4.79 Å². The summed E-state index contributed by atoms with van der Waals surface area (Å²) in [6.07, 6.45) is 2.36. The van der Waals surface area contributed by atoms with Gasteiger partial charge in [-0.25, -0.2) is 4.98 Å². The summed E-state index contributed by atoms with van der Waals surface area (Å²) in [5.41, 5.74) is 2.75. The number of pyridine rings is 1. The molecule has 0 aliphatic rings. The second-order valence-electron chi connectivity index (χ2n) is 3.57. The van der Waals surface area contributed by atoms with Gasteiger partial charge in [-0.1, -0.05) is 0 Å². The van der Waals surface area contributed by atoms with Gasteiger partial charge in [0.2, 0.25) is 0 Å². The number of aryl methyl sites for hydroxylation is 1. The van der Waals surface area contributed by atoms with Crippen LogP contribution in [0.3, 0.4) is 0 Å². The van der Waals surface area contributed by atoms with Gasteiger partial charge >= 0.3 is 0 Å². The van der Waals surface area contributed by atoms with Crippen molar-refractivity contribution in [3.8, 4) is 0 Å². The Labute approximate surface area is 96.3 Å². The molecule has 0 N–H and O–H groups in total. The highest BCUT2D eigenvalue weighted by Gasteiger charge is 2.11. The highest BCUT2D eigenvalue weighted by molar-refractivity contribution is 9.10. The predicted octanol–water partition coefficient (Wildman–Crippen LogP) is 2.54. The van der Waals surface area contributed by atoms with E-state index in [-0.39, 0.29) is 5.78 Å². The van der Waals surface area contributed by atoms with Crippen LogP contribution in [0.5, 0.6) is 0 Å². The number of carbonyl (C=O) groups is 1. The molecular weight excluding hydrogens is 256 g/mol. The third kappa shape index (κ3) is 1.81. The van der Waals surface area contributed by atoms with Gasteiger partial charge in [0, 0.05) is 12.6 Å². The van der Waals surface area contributed by atoms with Crippen LogP contribution < -0.4 is 0 Å². The zero-order chi connectivity index (χ0) is 11.0. The lowest BCUT2D eigenvalue weighted by Gasteiger charge is -2.00. The summed E-state index contributed by atoms with van der Waals surface area (Å²) < 4.78 is 2.91. The van der Waals surface area contributed by atoms with Crippen LogP contribution in [-0.4, -0.2) is 15.2 Å². The average molecular weight is 267 g/mol. The van der Waals surface area contributed by atoms with Crippen molar-refractivity contribution in [2.24, 2.45) is 0 Å². The standard InChI is InChI=1S/C11H11BrN2O/c1-7(15)6-10-8(2)13-11-9(12)4-3-5-14(10)11/h3-5H,6H2,1-2H3. The number of carbonyl (C=O) groups excluding carboxylic acids is 1. The summed E-state index contributed by atoms with van der Waals surface area (Å²) in [6, 6.07) is 3.88. The second kappa shape index (κ2) is 3.77. The number of hydrogen-bond donors (Lipinski definition) is 0. The van der Waals surface area contributed by atoms with Crippen LogP contribution in [0.2, 0.25) is 0 Å². The van der Waals surface area contributed by atoms with Crippen LogP contribution in [-0.2, 0) is 11.2 Å². The Morgan fingerprint density at radius 2 is 2.33 bits per heavy atom. The summed E-state index contributed by atoms with van der Waals surface area (Å²) in [5, 5.41) is 0. The minimum absolute atomic E-state index is 0.153. The average Bonchev–Trinajstić information content (AvgIpc) is 2.45. The summed E-state index contributed by atoms with van der Waals surface area (Å²) in [4.78, 5) is 15.6. The van der Waals surface area contributed by atoms with Crippen LogP contribution in [0, 0.1) is 6.92 Å². The van der Waals surface area contributed by atoms with Crippen molar-refractivity contribution in [1.82, 2.24) is 9.38 Å². The molecular formula is C11H11BrN2O. The van der Waals surface area contributed by atoms with Crippen LogP contribution in [0.15, 0.2) is 22.8 Å². The minimum Gasteiger partial charge on any atom is -0.302 e. The molecule has 0 bridgehead atoms. The molecule has 2 rings (SSSR count). The molecule has 0 aliphatic heterocycles. The second-order valence-corrected chi connectivity index (χ2v) is 4.43. The number of halogens is 1. The van der Waals surface area contributed by atoms with E-state index in [0.717, 1.165) is 21.5 Å². The van der Waals surface area contributed by atoms with E-state index in [1.165, 1.54) is 0 Å². The summed E-state index contributed by atoms with van der Waals surface area (Å²) in [5.74, 6) is 0.153. The third-order valence-corrected chi connectivity index (χ3v) is 2.94. The lowest BCUT2D eigenvalue weighted by molar-refractivity contribution is -0.116. The number of aromatic nitrogens is 2. The number of fused-ring (bicyclic) bond motifs is 1. The van der Waals surface area contributed by atoms with E-state index >= 15 is 0 Å². The van der Waals surface area contributed by atoms with Crippen LogP contribution in [0.1, 0.15) is 18.3 Å². The fourth-order valence-electron chi connectivity index (χ4n) is 1.65. The fraction of sp³-hybridized carbons (Fsp3) is 0.273. The number of rotatable bonds is 2. The molecule has 0 atom stereocenters. The lowest BCUT2D eigenvalue weighted by atomic mass is 10.2. The molecule has 0 saturated heterocycles. The highest BCUT2D eigenvalue weighted by Crippen LogP contribution is 2.20. The molecule has 15 heavy (non-hydrogen) atoms. The quantitative estimate of drug-likeness (QED) is 0.838. The molecule has 0 saturated carbocycles. The minimum atomic E-state index is 0.153. The van der Waals surface area contributed by atoms with Gasteiger partial charge in [0.25, 0.3) is 0 Å². The van der Waals surface area contributed by atoms with Crippen molar-refractivity contribution in [2.45, 2.75) is 20.3 Å². The highest BCUT2D eigenvalue weighted by atomic mass is 79.9. The molecule has 0 aromatic carbocycles. The van der Waals surface area contributed by atoms with E-state index in [4.69, 9.17) is 0 Å². The monoisotopic (exact) mass is 266 g/mol. The summed E-state index contributed by atoms with van der Waals surface area (Å²) >= 11 is 3.44. The molecule has 0 aliphatic carbocycles. The molecule has 2 aromatic rings. The van der Waals surface area contributed by atoms with E-state index < -0.39 is 0 Å². The van der Waals surface area contributed by atoms with Crippen molar-refractivity contribution in [3.63, 3.8) is 0 Å². The first kappa shape index (κ1) is 10.4. The van der Waals surface area contributed by atoms with Crippen molar-refractivity contribution in [1.29, 1.82) is 0 Å². The molecule has 2 heterocycles. The van der Waals surface area contributed by atoms with Gasteiger partial charge in [-0.05, 0) is 41.9 Å². The maximum Gasteiger partial charge on any atom is 0.151 e. The first-order valence-corrected chi connectivity index (χ1v) is 5.50. The Morgan fingerprint density at radius 1 is 1.60 bits per heavy atom. The van der Waals surface area contributed by atoms with Gasteiger partial charge in [0.1, 0.15) is 5.78 Å². The predicted molar refractivity (Wildman–Crippen MR) is 62.0 cm³/mol. The Balaban J connectivity index is 2.68. The molecule has 0 amide bonds.